The predicted molar refractivity (Wildman–Crippen MR) is 61.7 cm³/mol. The van der Waals surface area contributed by atoms with Crippen molar-refractivity contribution in [2.45, 2.75) is 0 Å². The number of fused-ring (bicyclic) bond motifs is 1. The SMILES string of the molecule is Nc1cc(-c2cc3ccccc3cn2)no1. The van der Waals surface area contributed by atoms with Crippen LogP contribution in [0.25, 0.3) is 22.2 Å². The largest absolute Gasteiger partial charge is 0.368 e. The van der Waals surface area contributed by atoms with E-state index in [4.69, 9.17) is 10.3 Å². The molecule has 3 aromatic rings. The lowest BCUT2D eigenvalue weighted by atomic mass is 10.1. The Hall–Kier alpha value is -2.36. The van der Waals surface area contributed by atoms with Crippen LogP contribution < -0.4 is 5.73 Å². The van der Waals surface area contributed by atoms with Gasteiger partial charge in [-0.1, -0.05) is 29.4 Å². The minimum absolute atomic E-state index is 0.296. The Kier molecular flexibility index (Phi) is 1.86. The van der Waals surface area contributed by atoms with E-state index in [0.29, 0.717) is 11.6 Å². The molecule has 1 aromatic carbocycles. The highest BCUT2D eigenvalue weighted by atomic mass is 16.5. The summed E-state index contributed by atoms with van der Waals surface area (Å²) in [6.07, 6.45) is 1.82. The molecule has 0 atom stereocenters. The number of hydrogen-bond donors (Lipinski definition) is 1. The number of anilines is 1. The first-order chi connectivity index (χ1) is 7.83. The average Bonchev–Trinajstić information content (AvgIpc) is 2.75. The fourth-order valence-electron chi connectivity index (χ4n) is 1.63. The van der Waals surface area contributed by atoms with Gasteiger partial charge in [-0.3, -0.25) is 4.98 Å². The molecule has 0 amide bonds. The molecule has 4 nitrogen and oxygen atoms in total. The Morgan fingerprint density at radius 1 is 1.00 bits per heavy atom. The first-order valence-corrected chi connectivity index (χ1v) is 4.90. The van der Waals surface area contributed by atoms with E-state index in [1.165, 1.54) is 0 Å². The highest BCUT2D eigenvalue weighted by Crippen LogP contribution is 2.22. The molecule has 0 spiro atoms. The maximum absolute atomic E-state index is 5.47. The third kappa shape index (κ3) is 1.40. The van der Waals surface area contributed by atoms with Gasteiger partial charge in [0.25, 0.3) is 0 Å². The number of aromatic nitrogens is 2. The van der Waals surface area contributed by atoms with Gasteiger partial charge in [0.2, 0.25) is 5.88 Å². The lowest BCUT2D eigenvalue weighted by molar-refractivity contribution is 0.439. The topological polar surface area (TPSA) is 64.9 Å². The van der Waals surface area contributed by atoms with Gasteiger partial charge in [0, 0.05) is 17.6 Å². The maximum atomic E-state index is 5.47. The number of nitrogens with two attached hydrogens (primary N) is 1. The number of pyridine rings is 1. The molecule has 0 saturated heterocycles. The van der Waals surface area contributed by atoms with Crippen molar-refractivity contribution < 1.29 is 4.52 Å². The summed E-state index contributed by atoms with van der Waals surface area (Å²) in [6.45, 7) is 0. The summed E-state index contributed by atoms with van der Waals surface area (Å²) < 4.78 is 4.82. The van der Waals surface area contributed by atoms with Crippen LogP contribution in [0.5, 0.6) is 0 Å². The Balaban J connectivity index is 2.18. The minimum Gasteiger partial charge on any atom is -0.368 e. The summed E-state index contributed by atoms with van der Waals surface area (Å²) in [4.78, 5) is 4.31. The Morgan fingerprint density at radius 2 is 1.81 bits per heavy atom. The number of rotatable bonds is 1. The molecule has 0 radical (unpaired) electrons. The van der Waals surface area contributed by atoms with E-state index >= 15 is 0 Å². The molecule has 2 N–H and O–H groups in total. The van der Waals surface area contributed by atoms with Crippen LogP contribution in [-0.4, -0.2) is 10.1 Å². The molecule has 78 valence electrons. The third-order valence-corrected chi connectivity index (χ3v) is 2.42. The van der Waals surface area contributed by atoms with Gasteiger partial charge in [0.15, 0.2) is 0 Å². The van der Waals surface area contributed by atoms with Gasteiger partial charge in [-0.15, -0.1) is 0 Å². The van der Waals surface area contributed by atoms with Crippen LogP contribution in [0, 0.1) is 0 Å². The summed E-state index contributed by atoms with van der Waals surface area (Å²) in [5.74, 6) is 0.296. The molecule has 16 heavy (non-hydrogen) atoms. The highest BCUT2D eigenvalue weighted by molar-refractivity contribution is 5.84. The van der Waals surface area contributed by atoms with Crippen LogP contribution in [-0.2, 0) is 0 Å². The van der Waals surface area contributed by atoms with Gasteiger partial charge in [0.05, 0.1) is 5.69 Å². The van der Waals surface area contributed by atoms with E-state index in [0.717, 1.165) is 16.5 Å². The molecule has 0 saturated carbocycles. The summed E-state index contributed by atoms with van der Waals surface area (Å²) in [5.41, 5.74) is 6.89. The zero-order valence-electron chi connectivity index (χ0n) is 8.42. The first-order valence-electron chi connectivity index (χ1n) is 4.90. The molecule has 2 aromatic heterocycles. The van der Waals surface area contributed by atoms with Crippen molar-refractivity contribution >= 4 is 16.7 Å². The van der Waals surface area contributed by atoms with Gasteiger partial charge < -0.3 is 10.3 Å². The van der Waals surface area contributed by atoms with Crippen LogP contribution in [0.1, 0.15) is 0 Å². The molecule has 0 bridgehead atoms. The second-order valence-corrected chi connectivity index (χ2v) is 3.53. The Morgan fingerprint density at radius 3 is 2.56 bits per heavy atom. The third-order valence-electron chi connectivity index (χ3n) is 2.42. The van der Waals surface area contributed by atoms with Gasteiger partial charge in [-0.05, 0) is 11.5 Å². The van der Waals surface area contributed by atoms with Crippen LogP contribution in [0.15, 0.2) is 47.1 Å². The van der Waals surface area contributed by atoms with E-state index in [1.54, 1.807) is 6.07 Å². The normalized spacial score (nSPS) is 10.8. The van der Waals surface area contributed by atoms with Crippen LogP contribution >= 0.6 is 0 Å². The molecular weight excluding hydrogens is 202 g/mol. The highest BCUT2D eigenvalue weighted by Gasteiger charge is 2.06. The lowest BCUT2D eigenvalue weighted by Gasteiger charge is -1.98. The van der Waals surface area contributed by atoms with E-state index in [2.05, 4.69) is 10.1 Å². The zero-order chi connectivity index (χ0) is 11.0. The van der Waals surface area contributed by atoms with Crippen molar-refractivity contribution in [1.29, 1.82) is 0 Å². The fraction of sp³-hybridized carbons (Fsp3) is 0. The molecule has 3 rings (SSSR count). The summed E-state index contributed by atoms with van der Waals surface area (Å²) in [6, 6.07) is 11.7. The van der Waals surface area contributed by atoms with E-state index in [-0.39, 0.29) is 0 Å². The predicted octanol–water partition coefficient (Wildman–Crippen LogP) is 2.47. The molecule has 0 aliphatic carbocycles. The standard InChI is InChI=1S/C12H9N3O/c13-12-6-11(15-16-12)10-5-8-3-1-2-4-9(8)7-14-10/h1-7H,13H2. The van der Waals surface area contributed by atoms with Crippen molar-refractivity contribution in [3.63, 3.8) is 0 Å². The zero-order valence-corrected chi connectivity index (χ0v) is 8.42. The van der Waals surface area contributed by atoms with Crippen LogP contribution in [0.2, 0.25) is 0 Å². The van der Waals surface area contributed by atoms with E-state index in [9.17, 15) is 0 Å². The molecule has 0 aliphatic heterocycles. The van der Waals surface area contributed by atoms with Crippen LogP contribution in [0.3, 0.4) is 0 Å². The Labute approximate surface area is 91.7 Å². The van der Waals surface area contributed by atoms with Crippen molar-refractivity contribution in [3.05, 3.63) is 42.6 Å². The van der Waals surface area contributed by atoms with Gasteiger partial charge in [-0.2, -0.15) is 0 Å². The van der Waals surface area contributed by atoms with Gasteiger partial charge in [0.1, 0.15) is 5.69 Å². The van der Waals surface area contributed by atoms with Crippen molar-refractivity contribution in [3.8, 4) is 11.4 Å². The van der Waals surface area contributed by atoms with E-state index < -0.39 is 0 Å². The Bertz CT molecular complexity index is 645. The van der Waals surface area contributed by atoms with Crippen LogP contribution in [0.4, 0.5) is 5.88 Å². The second kappa shape index (κ2) is 3.34. The monoisotopic (exact) mass is 211 g/mol. The molecular formula is C12H9N3O. The van der Waals surface area contributed by atoms with Crippen molar-refractivity contribution in [2.24, 2.45) is 0 Å². The molecule has 0 unspecified atom stereocenters. The van der Waals surface area contributed by atoms with Crippen molar-refractivity contribution in [1.82, 2.24) is 10.1 Å². The lowest BCUT2D eigenvalue weighted by Crippen LogP contribution is -1.83. The molecule has 0 aliphatic rings. The first kappa shape index (κ1) is 8.91. The number of nitrogen functional groups attached to an aromatic ring is 1. The smallest absolute Gasteiger partial charge is 0.222 e. The second-order valence-electron chi connectivity index (χ2n) is 3.53. The number of benzene rings is 1. The summed E-state index contributed by atoms with van der Waals surface area (Å²) in [5, 5.41) is 6.05. The number of nitrogens with zero attached hydrogens (tertiary/aromatic N) is 2. The quantitative estimate of drug-likeness (QED) is 0.671. The maximum Gasteiger partial charge on any atom is 0.222 e. The van der Waals surface area contributed by atoms with Gasteiger partial charge >= 0.3 is 0 Å². The molecule has 0 fully saturated rings. The number of hydrogen-bond acceptors (Lipinski definition) is 4. The average molecular weight is 211 g/mol. The van der Waals surface area contributed by atoms with Gasteiger partial charge in [-0.25, -0.2) is 0 Å². The summed E-state index contributed by atoms with van der Waals surface area (Å²) in [7, 11) is 0. The van der Waals surface area contributed by atoms with E-state index in [1.807, 2.05) is 36.5 Å². The van der Waals surface area contributed by atoms with Crippen molar-refractivity contribution in [2.75, 3.05) is 5.73 Å². The molecule has 4 heteroatoms. The minimum atomic E-state index is 0.296. The summed E-state index contributed by atoms with van der Waals surface area (Å²) >= 11 is 0. The molecule has 2 heterocycles. The fourth-order valence-corrected chi connectivity index (χ4v) is 1.63.